The SMILES string of the molecule is CC(CN)CNC(=O)c1cccc(OCc2cn3ccccc3n2)c1. The molecule has 3 rings (SSSR count). The number of hydrogen-bond acceptors (Lipinski definition) is 4. The monoisotopic (exact) mass is 338 g/mol. The van der Waals surface area contributed by atoms with E-state index in [1.807, 2.05) is 48.0 Å². The van der Waals surface area contributed by atoms with Gasteiger partial charge in [-0.2, -0.15) is 0 Å². The van der Waals surface area contributed by atoms with Crippen LogP contribution >= 0.6 is 0 Å². The molecule has 3 aromatic rings. The van der Waals surface area contributed by atoms with E-state index in [1.54, 1.807) is 18.2 Å². The highest BCUT2D eigenvalue weighted by Crippen LogP contribution is 2.15. The Morgan fingerprint density at radius 2 is 2.20 bits per heavy atom. The Balaban J connectivity index is 1.62. The van der Waals surface area contributed by atoms with E-state index in [9.17, 15) is 4.79 Å². The first-order valence-corrected chi connectivity index (χ1v) is 8.29. The molecule has 2 aromatic heterocycles. The van der Waals surface area contributed by atoms with Crippen molar-refractivity contribution in [3.05, 3.63) is 66.1 Å². The highest BCUT2D eigenvalue weighted by Gasteiger charge is 2.09. The van der Waals surface area contributed by atoms with Gasteiger partial charge < -0.3 is 20.2 Å². The number of hydrogen-bond donors (Lipinski definition) is 2. The van der Waals surface area contributed by atoms with E-state index in [4.69, 9.17) is 10.5 Å². The maximum atomic E-state index is 12.2. The number of nitrogens with one attached hydrogen (secondary N) is 1. The van der Waals surface area contributed by atoms with Gasteiger partial charge in [-0.05, 0) is 42.8 Å². The molecule has 0 bridgehead atoms. The maximum Gasteiger partial charge on any atom is 0.251 e. The van der Waals surface area contributed by atoms with Crippen molar-refractivity contribution in [2.75, 3.05) is 13.1 Å². The third kappa shape index (κ3) is 4.36. The van der Waals surface area contributed by atoms with E-state index in [2.05, 4.69) is 10.3 Å². The fourth-order valence-corrected chi connectivity index (χ4v) is 2.39. The number of aromatic nitrogens is 2. The molecule has 0 aliphatic heterocycles. The summed E-state index contributed by atoms with van der Waals surface area (Å²) in [6.07, 6.45) is 3.87. The summed E-state index contributed by atoms with van der Waals surface area (Å²) in [4.78, 5) is 16.7. The molecule has 3 N–H and O–H groups in total. The summed E-state index contributed by atoms with van der Waals surface area (Å²) in [6.45, 7) is 3.44. The molecule has 1 atom stereocenters. The third-order valence-corrected chi connectivity index (χ3v) is 3.91. The van der Waals surface area contributed by atoms with Crippen LogP contribution in [0.2, 0.25) is 0 Å². The summed E-state index contributed by atoms with van der Waals surface area (Å²) in [7, 11) is 0. The van der Waals surface area contributed by atoms with Gasteiger partial charge in [-0.1, -0.05) is 19.1 Å². The lowest BCUT2D eigenvalue weighted by molar-refractivity contribution is 0.0948. The second kappa shape index (κ2) is 7.81. The van der Waals surface area contributed by atoms with Gasteiger partial charge in [0.15, 0.2) is 0 Å². The number of benzene rings is 1. The zero-order valence-corrected chi connectivity index (χ0v) is 14.2. The fourth-order valence-electron chi connectivity index (χ4n) is 2.39. The van der Waals surface area contributed by atoms with Crippen molar-refractivity contribution < 1.29 is 9.53 Å². The first-order chi connectivity index (χ1) is 12.2. The third-order valence-electron chi connectivity index (χ3n) is 3.91. The molecule has 0 fully saturated rings. The maximum absolute atomic E-state index is 12.2. The molecule has 1 amide bonds. The molecule has 25 heavy (non-hydrogen) atoms. The lowest BCUT2D eigenvalue weighted by Crippen LogP contribution is -2.31. The highest BCUT2D eigenvalue weighted by molar-refractivity contribution is 5.94. The minimum Gasteiger partial charge on any atom is -0.487 e. The van der Waals surface area contributed by atoms with Gasteiger partial charge in [-0.25, -0.2) is 4.98 Å². The summed E-state index contributed by atoms with van der Waals surface area (Å²) in [6, 6.07) is 13.0. The van der Waals surface area contributed by atoms with E-state index < -0.39 is 0 Å². The van der Waals surface area contributed by atoms with Gasteiger partial charge >= 0.3 is 0 Å². The van der Waals surface area contributed by atoms with Crippen LogP contribution in [0.15, 0.2) is 54.9 Å². The minimum atomic E-state index is -0.126. The van der Waals surface area contributed by atoms with Crippen molar-refractivity contribution in [1.29, 1.82) is 0 Å². The highest BCUT2D eigenvalue weighted by atomic mass is 16.5. The van der Waals surface area contributed by atoms with Crippen LogP contribution in [0.4, 0.5) is 0 Å². The molecule has 6 nitrogen and oxygen atoms in total. The molecule has 0 aliphatic carbocycles. The van der Waals surface area contributed by atoms with Gasteiger partial charge in [0.05, 0.1) is 5.69 Å². The second-order valence-electron chi connectivity index (χ2n) is 6.07. The second-order valence-corrected chi connectivity index (χ2v) is 6.07. The summed E-state index contributed by atoms with van der Waals surface area (Å²) in [5, 5.41) is 2.88. The quantitative estimate of drug-likeness (QED) is 0.692. The van der Waals surface area contributed by atoms with Crippen LogP contribution in [0.5, 0.6) is 5.75 Å². The zero-order valence-electron chi connectivity index (χ0n) is 14.2. The molecule has 0 aliphatic rings. The van der Waals surface area contributed by atoms with Gasteiger partial charge in [-0.15, -0.1) is 0 Å². The molecule has 2 heterocycles. The Labute approximate surface area is 146 Å². The predicted molar refractivity (Wildman–Crippen MR) is 96.5 cm³/mol. The van der Waals surface area contributed by atoms with Crippen LogP contribution in [0.1, 0.15) is 23.0 Å². The molecule has 130 valence electrons. The standard InChI is InChI=1S/C19H22N4O2/c1-14(10-20)11-21-19(24)15-5-4-6-17(9-15)25-13-16-12-23-8-3-2-7-18(23)22-16/h2-9,12,14H,10-11,13,20H2,1H3,(H,21,24). The number of ether oxygens (including phenoxy) is 1. The van der Waals surface area contributed by atoms with E-state index in [-0.39, 0.29) is 11.8 Å². The van der Waals surface area contributed by atoms with Crippen LogP contribution in [0.25, 0.3) is 5.65 Å². The van der Waals surface area contributed by atoms with Gasteiger partial charge in [0.2, 0.25) is 0 Å². The molecule has 0 radical (unpaired) electrons. The Kier molecular flexibility index (Phi) is 5.30. The van der Waals surface area contributed by atoms with E-state index >= 15 is 0 Å². The normalized spacial score (nSPS) is 12.1. The predicted octanol–water partition coefficient (Wildman–Crippen LogP) is 2.24. The number of amides is 1. The van der Waals surface area contributed by atoms with Crippen LogP contribution in [0, 0.1) is 5.92 Å². The summed E-state index contributed by atoms with van der Waals surface area (Å²) < 4.78 is 7.73. The van der Waals surface area contributed by atoms with Crippen LogP contribution < -0.4 is 15.8 Å². The van der Waals surface area contributed by atoms with Crippen molar-refractivity contribution in [2.45, 2.75) is 13.5 Å². The number of nitrogens with two attached hydrogens (primary N) is 1. The topological polar surface area (TPSA) is 81.6 Å². The largest absolute Gasteiger partial charge is 0.487 e. The van der Waals surface area contributed by atoms with Gasteiger partial charge in [0.25, 0.3) is 5.91 Å². The van der Waals surface area contributed by atoms with Crippen molar-refractivity contribution in [1.82, 2.24) is 14.7 Å². The number of nitrogens with zero attached hydrogens (tertiary/aromatic N) is 2. The fraction of sp³-hybridized carbons (Fsp3) is 0.263. The zero-order chi connectivity index (χ0) is 17.6. The number of imidazole rings is 1. The van der Waals surface area contributed by atoms with E-state index in [0.717, 1.165) is 11.3 Å². The molecule has 1 aromatic carbocycles. The average molecular weight is 338 g/mol. The lowest BCUT2D eigenvalue weighted by Gasteiger charge is -2.11. The van der Waals surface area contributed by atoms with E-state index in [0.29, 0.717) is 31.0 Å². The van der Waals surface area contributed by atoms with Crippen molar-refractivity contribution in [3.8, 4) is 5.75 Å². The molecule has 1 unspecified atom stereocenters. The first kappa shape index (κ1) is 17.0. The molecular weight excluding hydrogens is 316 g/mol. The number of carbonyl (C=O) groups excluding carboxylic acids is 1. The van der Waals surface area contributed by atoms with Crippen molar-refractivity contribution >= 4 is 11.6 Å². The average Bonchev–Trinajstić information content (AvgIpc) is 3.07. The first-order valence-electron chi connectivity index (χ1n) is 8.29. The van der Waals surface area contributed by atoms with E-state index in [1.165, 1.54) is 0 Å². The molecule has 0 saturated carbocycles. The van der Waals surface area contributed by atoms with Crippen molar-refractivity contribution in [3.63, 3.8) is 0 Å². The Bertz CT molecular complexity index is 826. The number of fused-ring (bicyclic) bond motifs is 1. The Morgan fingerprint density at radius 1 is 1.32 bits per heavy atom. The smallest absolute Gasteiger partial charge is 0.251 e. The van der Waals surface area contributed by atoms with Crippen LogP contribution in [-0.2, 0) is 6.61 Å². The summed E-state index contributed by atoms with van der Waals surface area (Å²) >= 11 is 0. The van der Waals surface area contributed by atoms with Gasteiger partial charge in [0, 0.05) is 24.5 Å². The molecule has 0 saturated heterocycles. The molecular formula is C19H22N4O2. The van der Waals surface area contributed by atoms with Gasteiger partial charge in [-0.3, -0.25) is 4.79 Å². The number of carbonyl (C=O) groups is 1. The molecule has 0 spiro atoms. The van der Waals surface area contributed by atoms with Crippen molar-refractivity contribution in [2.24, 2.45) is 11.7 Å². The lowest BCUT2D eigenvalue weighted by atomic mass is 10.1. The minimum absolute atomic E-state index is 0.126. The van der Waals surface area contributed by atoms with Crippen LogP contribution in [0.3, 0.4) is 0 Å². The number of rotatable bonds is 7. The van der Waals surface area contributed by atoms with Crippen LogP contribution in [-0.4, -0.2) is 28.4 Å². The summed E-state index contributed by atoms with van der Waals surface area (Å²) in [5.74, 6) is 0.758. The summed E-state index contributed by atoms with van der Waals surface area (Å²) in [5.41, 5.74) is 7.84. The Hall–Kier alpha value is -2.86. The van der Waals surface area contributed by atoms with Gasteiger partial charge in [0.1, 0.15) is 18.0 Å². The molecule has 6 heteroatoms. The number of pyridine rings is 1. The Morgan fingerprint density at radius 3 is 3.00 bits per heavy atom.